The summed E-state index contributed by atoms with van der Waals surface area (Å²) in [6, 6.07) is 7.10. The lowest BCUT2D eigenvalue weighted by Gasteiger charge is -2.32. The van der Waals surface area contributed by atoms with E-state index >= 15 is 0 Å². The molecule has 3 N–H and O–H groups in total. The SMILES string of the molecule is CC1(C)Cc2cc(-c3cc(Br)c(F)nc3N)ccc2C(=O)N1. The number of halogens is 2. The van der Waals surface area contributed by atoms with Crippen LogP contribution in [0.2, 0.25) is 0 Å². The number of benzene rings is 1. The summed E-state index contributed by atoms with van der Waals surface area (Å²) in [5.41, 5.74) is 8.60. The second-order valence-electron chi connectivity index (χ2n) is 6.08. The van der Waals surface area contributed by atoms with Crippen LogP contribution in [-0.4, -0.2) is 16.4 Å². The molecule has 0 saturated carbocycles. The van der Waals surface area contributed by atoms with Crippen molar-refractivity contribution >= 4 is 27.7 Å². The van der Waals surface area contributed by atoms with Gasteiger partial charge in [0.05, 0.1) is 4.47 Å². The second-order valence-corrected chi connectivity index (χ2v) is 6.93. The van der Waals surface area contributed by atoms with Crippen molar-refractivity contribution in [3.63, 3.8) is 0 Å². The molecule has 0 unspecified atom stereocenters. The van der Waals surface area contributed by atoms with Gasteiger partial charge >= 0.3 is 0 Å². The molecule has 0 bridgehead atoms. The molecule has 1 aromatic heterocycles. The lowest BCUT2D eigenvalue weighted by atomic mass is 9.85. The van der Waals surface area contributed by atoms with Gasteiger partial charge in [0.15, 0.2) is 0 Å². The number of nitrogens with two attached hydrogens (primary N) is 1. The molecule has 2 aromatic rings. The van der Waals surface area contributed by atoms with Crippen LogP contribution in [-0.2, 0) is 6.42 Å². The third kappa shape index (κ3) is 2.59. The number of carbonyl (C=O) groups excluding carboxylic acids is 1. The fourth-order valence-corrected chi connectivity index (χ4v) is 3.05. The van der Waals surface area contributed by atoms with Gasteiger partial charge in [-0.3, -0.25) is 4.79 Å². The van der Waals surface area contributed by atoms with Crippen molar-refractivity contribution in [2.75, 3.05) is 5.73 Å². The Morgan fingerprint density at radius 3 is 2.77 bits per heavy atom. The molecular weight excluding hydrogens is 349 g/mol. The molecule has 6 heteroatoms. The largest absolute Gasteiger partial charge is 0.383 e. The van der Waals surface area contributed by atoms with Gasteiger partial charge in [-0.1, -0.05) is 12.1 Å². The molecule has 0 spiro atoms. The van der Waals surface area contributed by atoms with Crippen molar-refractivity contribution in [3.05, 3.63) is 45.8 Å². The molecule has 1 aromatic carbocycles. The van der Waals surface area contributed by atoms with Crippen molar-refractivity contribution in [1.82, 2.24) is 10.3 Å². The minimum atomic E-state index is -0.639. The van der Waals surface area contributed by atoms with Crippen molar-refractivity contribution in [3.8, 4) is 11.1 Å². The summed E-state index contributed by atoms with van der Waals surface area (Å²) in [5, 5.41) is 2.97. The summed E-state index contributed by atoms with van der Waals surface area (Å²) in [5.74, 6) is -0.593. The number of anilines is 1. The van der Waals surface area contributed by atoms with Gasteiger partial charge in [-0.2, -0.15) is 4.39 Å². The quantitative estimate of drug-likeness (QED) is 0.763. The van der Waals surface area contributed by atoms with E-state index in [9.17, 15) is 9.18 Å². The summed E-state index contributed by atoms with van der Waals surface area (Å²) >= 11 is 3.12. The molecule has 22 heavy (non-hydrogen) atoms. The van der Waals surface area contributed by atoms with E-state index < -0.39 is 5.95 Å². The van der Waals surface area contributed by atoms with E-state index in [4.69, 9.17) is 5.73 Å². The van der Waals surface area contributed by atoms with Gasteiger partial charge in [-0.25, -0.2) is 4.98 Å². The third-order valence-corrected chi connectivity index (χ3v) is 4.26. The van der Waals surface area contributed by atoms with E-state index in [1.165, 1.54) is 0 Å². The summed E-state index contributed by atoms with van der Waals surface area (Å²) in [7, 11) is 0. The summed E-state index contributed by atoms with van der Waals surface area (Å²) < 4.78 is 13.7. The monoisotopic (exact) mass is 363 g/mol. The van der Waals surface area contributed by atoms with E-state index in [1.54, 1.807) is 18.2 Å². The smallest absolute Gasteiger partial charge is 0.251 e. The zero-order chi connectivity index (χ0) is 16.1. The molecular formula is C16H15BrFN3O. The van der Waals surface area contributed by atoms with Crippen LogP contribution in [0.3, 0.4) is 0 Å². The van der Waals surface area contributed by atoms with E-state index in [-0.39, 0.29) is 21.7 Å². The number of nitrogens with zero attached hydrogens (tertiary/aromatic N) is 1. The van der Waals surface area contributed by atoms with Gasteiger partial charge in [-0.15, -0.1) is 0 Å². The molecule has 3 rings (SSSR count). The third-order valence-electron chi connectivity index (χ3n) is 3.71. The van der Waals surface area contributed by atoms with Crippen molar-refractivity contribution in [2.24, 2.45) is 0 Å². The highest BCUT2D eigenvalue weighted by Crippen LogP contribution is 2.32. The first-order valence-electron chi connectivity index (χ1n) is 6.84. The maximum atomic E-state index is 13.4. The Balaban J connectivity index is 2.12. The summed E-state index contributed by atoms with van der Waals surface area (Å²) in [6.45, 7) is 3.95. The second kappa shape index (κ2) is 5.05. The number of rotatable bonds is 1. The van der Waals surface area contributed by atoms with Crippen LogP contribution in [0, 0.1) is 5.95 Å². The predicted octanol–water partition coefficient (Wildman–Crippen LogP) is 3.30. The highest BCUT2D eigenvalue weighted by Gasteiger charge is 2.30. The first-order valence-corrected chi connectivity index (χ1v) is 7.63. The highest BCUT2D eigenvalue weighted by molar-refractivity contribution is 9.10. The first kappa shape index (κ1) is 15.0. The summed E-state index contributed by atoms with van der Waals surface area (Å²) in [4.78, 5) is 15.8. The normalized spacial score (nSPS) is 16.1. The van der Waals surface area contributed by atoms with Gasteiger partial charge in [-0.05, 0) is 59.5 Å². The molecule has 0 radical (unpaired) electrons. The minimum absolute atomic E-state index is 0.0795. The van der Waals surface area contributed by atoms with Gasteiger partial charge in [0.1, 0.15) is 5.82 Å². The van der Waals surface area contributed by atoms with Gasteiger partial charge in [0.2, 0.25) is 5.95 Å². The first-order chi connectivity index (χ1) is 10.3. The van der Waals surface area contributed by atoms with Crippen LogP contribution in [0.25, 0.3) is 11.1 Å². The highest BCUT2D eigenvalue weighted by atomic mass is 79.9. The Hall–Kier alpha value is -1.95. The predicted molar refractivity (Wildman–Crippen MR) is 87.0 cm³/mol. The Morgan fingerprint density at radius 2 is 2.05 bits per heavy atom. The standard InChI is InChI=1S/C16H15BrFN3O/c1-16(2)7-9-5-8(3-4-10(9)15(22)21-16)11-6-12(17)13(18)20-14(11)19/h3-6H,7H2,1-2H3,(H2,19,20)(H,21,22). The zero-order valence-electron chi connectivity index (χ0n) is 12.2. The molecule has 0 fully saturated rings. The van der Waals surface area contributed by atoms with Gasteiger partial charge in [0.25, 0.3) is 5.91 Å². The average Bonchev–Trinajstić information content (AvgIpc) is 2.41. The maximum Gasteiger partial charge on any atom is 0.251 e. The fourth-order valence-electron chi connectivity index (χ4n) is 2.73. The number of amides is 1. The maximum absolute atomic E-state index is 13.4. The lowest BCUT2D eigenvalue weighted by Crippen LogP contribution is -2.49. The molecule has 1 aliphatic heterocycles. The molecule has 4 nitrogen and oxygen atoms in total. The van der Waals surface area contributed by atoms with Gasteiger partial charge < -0.3 is 11.1 Å². The number of fused-ring (bicyclic) bond motifs is 1. The van der Waals surface area contributed by atoms with Crippen molar-refractivity contribution in [2.45, 2.75) is 25.8 Å². The summed E-state index contributed by atoms with van der Waals surface area (Å²) in [6.07, 6.45) is 0.720. The topological polar surface area (TPSA) is 68.0 Å². The molecule has 0 aliphatic carbocycles. The van der Waals surface area contributed by atoms with Gasteiger partial charge in [0, 0.05) is 16.7 Å². The molecule has 2 heterocycles. The Kier molecular flexibility index (Phi) is 3.44. The van der Waals surface area contributed by atoms with E-state index in [0.717, 1.165) is 17.5 Å². The zero-order valence-corrected chi connectivity index (χ0v) is 13.8. The average molecular weight is 364 g/mol. The number of nitrogens with one attached hydrogen (secondary N) is 1. The Morgan fingerprint density at radius 1 is 1.32 bits per heavy atom. The van der Waals surface area contributed by atoms with Crippen LogP contribution >= 0.6 is 15.9 Å². The molecule has 1 aliphatic rings. The van der Waals surface area contributed by atoms with Crippen LogP contribution < -0.4 is 11.1 Å². The number of carbonyl (C=O) groups is 1. The molecule has 0 atom stereocenters. The van der Waals surface area contributed by atoms with Crippen LogP contribution in [0.1, 0.15) is 29.8 Å². The van der Waals surface area contributed by atoms with Crippen LogP contribution in [0.4, 0.5) is 10.2 Å². The van der Waals surface area contributed by atoms with E-state index in [1.807, 2.05) is 19.9 Å². The van der Waals surface area contributed by atoms with Crippen LogP contribution in [0.15, 0.2) is 28.7 Å². The lowest BCUT2D eigenvalue weighted by molar-refractivity contribution is 0.0897. The number of aromatic nitrogens is 1. The number of nitrogen functional groups attached to an aromatic ring is 1. The number of hydrogen-bond donors (Lipinski definition) is 2. The molecule has 0 saturated heterocycles. The number of hydrogen-bond acceptors (Lipinski definition) is 3. The molecule has 114 valence electrons. The van der Waals surface area contributed by atoms with E-state index in [0.29, 0.717) is 11.1 Å². The number of pyridine rings is 1. The van der Waals surface area contributed by atoms with Crippen molar-refractivity contribution < 1.29 is 9.18 Å². The fraction of sp³-hybridized carbons (Fsp3) is 0.250. The van der Waals surface area contributed by atoms with Crippen LogP contribution in [0.5, 0.6) is 0 Å². The van der Waals surface area contributed by atoms with E-state index in [2.05, 4.69) is 26.2 Å². The Bertz CT molecular complexity index is 789. The van der Waals surface area contributed by atoms with Crippen molar-refractivity contribution in [1.29, 1.82) is 0 Å². The minimum Gasteiger partial charge on any atom is -0.383 e. The Labute approximate surface area is 136 Å². The molecule has 1 amide bonds.